The lowest BCUT2D eigenvalue weighted by Gasteiger charge is -2.25. The lowest BCUT2D eigenvalue weighted by molar-refractivity contribution is -0.132. The molecule has 2 aromatic rings. The predicted octanol–water partition coefficient (Wildman–Crippen LogP) is 2.26. The molecule has 30 heavy (non-hydrogen) atoms. The first-order chi connectivity index (χ1) is 14.5. The Morgan fingerprint density at radius 3 is 2.27 bits per heavy atom. The Kier molecular flexibility index (Phi) is 6.46. The van der Waals surface area contributed by atoms with Crippen LogP contribution in [0.1, 0.15) is 30.9 Å². The molecule has 1 unspecified atom stereocenters. The van der Waals surface area contributed by atoms with Crippen LogP contribution in [0.5, 0.6) is 0 Å². The molecule has 0 spiro atoms. The Morgan fingerprint density at radius 1 is 1.00 bits per heavy atom. The molecule has 8 heteroatoms. The number of hydrogen-bond acceptors (Lipinski definition) is 4. The first kappa shape index (κ1) is 21.0. The number of nitrogens with zero attached hydrogens (tertiary/aromatic N) is 1. The fraction of sp³-hybridized carbons (Fsp3) is 0.273. The number of urea groups is 2. The van der Waals surface area contributed by atoms with Crippen LogP contribution in [0.25, 0.3) is 0 Å². The quantitative estimate of drug-likeness (QED) is 0.611. The largest absolute Gasteiger partial charge is 0.334 e. The third-order valence-corrected chi connectivity index (χ3v) is 5.08. The minimum Gasteiger partial charge on any atom is -0.334 e. The van der Waals surface area contributed by atoms with Crippen molar-refractivity contribution in [1.82, 2.24) is 20.9 Å². The van der Waals surface area contributed by atoms with Crippen LogP contribution in [0.2, 0.25) is 0 Å². The monoisotopic (exact) mass is 408 g/mol. The van der Waals surface area contributed by atoms with Crippen molar-refractivity contribution in [3.05, 3.63) is 71.8 Å². The van der Waals surface area contributed by atoms with E-state index < -0.39 is 29.4 Å². The molecular weight excluding hydrogens is 384 g/mol. The molecule has 3 rings (SSSR count). The fourth-order valence-corrected chi connectivity index (χ4v) is 3.42. The summed E-state index contributed by atoms with van der Waals surface area (Å²) >= 11 is 0. The average molecular weight is 408 g/mol. The summed E-state index contributed by atoms with van der Waals surface area (Å²) in [6.07, 6.45) is 0.207. The molecule has 8 nitrogen and oxygen atoms in total. The van der Waals surface area contributed by atoms with E-state index in [4.69, 9.17) is 0 Å². The zero-order valence-corrected chi connectivity index (χ0v) is 16.7. The summed E-state index contributed by atoms with van der Waals surface area (Å²) < 4.78 is 0. The van der Waals surface area contributed by atoms with Gasteiger partial charge in [-0.15, -0.1) is 0 Å². The maximum Gasteiger partial charge on any atom is 0.325 e. The Labute approximate surface area is 174 Å². The van der Waals surface area contributed by atoms with Crippen molar-refractivity contribution in [1.29, 1.82) is 0 Å². The molecule has 0 radical (unpaired) electrons. The van der Waals surface area contributed by atoms with Crippen LogP contribution in [-0.4, -0.2) is 35.3 Å². The lowest BCUT2D eigenvalue weighted by Crippen LogP contribution is -2.44. The molecule has 1 heterocycles. The highest BCUT2D eigenvalue weighted by atomic mass is 16.2. The van der Waals surface area contributed by atoms with Gasteiger partial charge < -0.3 is 10.6 Å². The fourth-order valence-electron chi connectivity index (χ4n) is 3.42. The van der Waals surface area contributed by atoms with Crippen LogP contribution < -0.4 is 16.0 Å². The van der Waals surface area contributed by atoms with Crippen molar-refractivity contribution in [3.63, 3.8) is 0 Å². The van der Waals surface area contributed by atoms with Crippen LogP contribution in [0.3, 0.4) is 0 Å². The Bertz CT molecular complexity index is 933. The second kappa shape index (κ2) is 9.21. The lowest BCUT2D eigenvalue weighted by atomic mass is 9.87. The van der Waals surface area contributed by atoms with Gasteiger partial charge in [0.2, 0.25) is 5.91 Å². The zero-order valence-electron chi connectivity index (χ0n) is 16.7. The number of amides is 6. The SMILES string of the molecule is CCC1(c2ccccc2)NC(=O)N(CCC(=O)NC(=O)NCc2ccccc2)C1=O. The number of hydrogen-bond donors (Lipinski definition) is 3. The Balaban J connectivity index is 1.53. The first-order valence-corrected chi connectivity index (χ1v) is 9.77. The number of carbonyl (C=O) groups is 4. The molecule has 0 saturated carbocycles. The van der Waals surface area contributed by atoms with Gasteiger partial charge in [-0.3, -0.25) is 19.8 Å². The summed E-state index contributed by atoms with van der Waals surface area (Å²) in [4.78, 5) is 50.4. The van der Waals surface area contributed by atoms with E-state index in [0.717, 1.165) is 10.5 Å². The van der Waals surface area contributed by atoms with Crippen molar-refractivity contribution in [2.75, 3.05) is 6.54 Å². The van der Waals surface area contributed by atoms with Gasteiger partial charge in [0.05, 0.1) is 0 Å². The van der Waals surface area contributed by atoms with E-state index in [2.05, 4.69) is 16.0 Å². The van der Waals surface area contributed by atoms with Gasteiger partial charge >= 0.3 is 12.1 Å². The zero-order chi connectivity index (χ0) is 21.6. The molecule has 0 bridgehead atoms. The molecule has 0 aromatic heterocycles. The maximum absolute atomic E-state index is 13.0. The van der Waals surface area contributed by atoms with Crippen molar-refractivity contribution >= 4 is 23.9 Å². The van der Waals surface area contributed by atoms with E-state index in [0.29, 0.717) is 12.0 Å². The number of rotatable bonds is 7. The molecule has 1 atom stereocenters. The summed E-state index contributed by atoms with van der Waals surface area (Å²) in [5, 5.41) is 7.56. The number of carbonyl (C=O) groups excluding carboxylic acids is 4. The summed E-state index contributed by atoms with van der Waals surface area (Å²) in [5.41, 5.74) is 0.455. The minimum atomic E-state index is -1.14. The molecule has 2 aromatic carbocycles. The molecule has 156 valence electrons. The summed E-state index contributed by atoms with van der Waals surface area (Å²) in [7, 11) is 0. The van der Waals surface area contributed by atoms with Gasteiger partial charge in [0.25, 0.3) is 5.91 Å². The third kappa shape index (κ3) is 4.48. The highest BCUT2D eigenvalue weighted by molar-refractivity contribution is 6.07. The maximum atomic E-state index is 13.0. The topological polar surface area (TPSA) is 108 Å². The van der Waals surface area contributed by atoms with Gasteiger partial charge in [-0.25, -0.2) is 9.59 Å². The summed E-state index contributed by atoms with van der Waals surface area (Å²) in [5.74, 6) is -0.975. The van der Waals surface area contributed by atoms with Gasteiger partial charge in [-0.1, -0.05) is 67.6 Å². The predicted molar refractivity (Wildman–Crippen MR) is 110 cm³/mol. The third-order valence-electron chi connectivity index (χ3n) is 5.08. The average Bonchev–Trinajstić information content (AvgIpc) is 3.02. The number of benzene rings is 2. The molecule has 0 aliphatic carbocycles. The van der Waals surface area contributed by atoms with Crippen molar-refractivity contribution in [2.45, 2.75) is 31.8 Å². The van der Waals surface area contributed by atoms with E-state index >= 15 is 0 Å². The highest BCUT2D eigenvalue weighted by Crippen LogP contribution is 2.32. The van der Waals surface area contributed by atoms with E-state index in [9.17, 15) is 19.2 Å². The van der Waals surface area contributed by atoms with E-state index in [1.165, 1.54) is 0 Å². The van der Waals surface area contributed by atoms with Crippen LogP contribution >= 0.6 is 0 Å². The second-order valence-electron chi connectivity index (χ2n) is 6.98. The molecule has 3 N–H and O–H groups in total. The van der Waals surface area contributed by atoms with Crippen LogP contribution in [0.4, 0.5) is 9.59 Å². The highest BCUT2D eigenvalue weighted by Gasteiger charge is 2.50. The number of imide groups is 2. The van der Waals surface area contributed by atoms with Crippen molar-refractivity contribution < 1.29 is 19.2 Å². The standard InChI is InChI=1S/C22H24N4O4/c1-2-22(17-11-7-4-8-12-17)19(28)26(21(30)25-22)14-13-18(27)24-20(29)23-15-16-9-5-3-6-10-16/h3-12H,2,13-15H2,1H3,(H,25,30)(H2,23,24,27,29). The molecule has 1 aliphatic heterocycles. The smallest absolute Gasteiger partial charge is 0.325 e. The van der Waals surface area contributed by atoms with Gasteiger partial charge in [-0.2, -0.15) is 0 Å². The Morgan fingerprint density at radius 2 is 1.63 bits per heavy atom. The summed E-state index contributed by atoms with van der Waals surface area (Å²) in [6, 6.07) is 17.1. The molecule has 6 amide bonds. The molecule has 1 aliphatic rings. The normalized spacial score (nSPS) is 18.1. The van der Waals surface area contributed by atoms with Crippen LogP contribution in [0.15, 0.2) is 60.7 Å². The second-order valence-corrected chi connectivity index (χ2v) is 6.98. The van der Waals surface area contributed by atoms with Crippen LogP contribution in [0, 0.1) is 0 Å². The Hall–Kier alpha value is -3.68. The summed E-state index contributed by atoms with van der Waals surface area (Å²) in [6.45, 7) is 1.98. The van der Waals surface area contributed by atoms with E-state index in [1.54, 1.807) is 24.3 Å². The number of nitrogens with one attached hydrogen (secondary N) is 3. The first-order valence-electron chi connectivity index (χ1n) is 9.77. The van der Waals surface area contributed by atoms with Crippen molar-refractivity contribution in [3.8, 4) is 0 Å². The van der Waals surface area contributed by atoms with Gasteiger partial charge in [0.1, 0.15) is 5.54 Å². The van der Waals surface area contributed by atoms with Crippen molar-refractivity contribution in [2.24, 2.45) is 0 Å². The minimum absolute atomic E-state index is 0.114. The van der Waals surface area contributed by atoms with Gasteiger partial charge in [-0.05, 0) is 17.5 Å². The van der Waals surface area contributed by atoms with E-state index in [-0.39, 0.29) is 19.5 Å². The van der Waals surface area contributed by atoms with E-state index in [1.807, 2.05) is 43.3 Å². The molecular formula is C22H24N4O4. The molecule has 1 saturated heterocycles. The molecule has 1 fully saturated rings. The van der Waals surface area contributed by atoms with Gasteiger partial charge in [0, 0.05) is 19.5 Å². The van der Waals surface area contributed by atoms with Crippen LogP contribution in [-0.2, 0) is 21.7 Å². The van der Waals surface area contributed by atoms with Gasteiger partial charge in [0.15, 0.2) is 0 Å².